The summed E-state index contributed by atoms with van der Waals surface area (Å²) in [5, 5.41) is 0. The Morgan fingerprint density at radius 2 is 2.16 bits per heavy atom. The van der Waals surface area contributed by atoms with Gasteiger partial charge in [-0.15, -0.1) is 0 Å². The third-order valence-corrected chi connectivity index (χ3v) is 3.17. The van der Waals surface area contributed by atoms with Crippen molar-refractivity contribution in [2.45, 2.75) is 6.42 Å². The summed E-state index contributed by atoms with van der Waals surface area (Å²) >= 11 is 3.23. The summed E-state index contributed by atoms with van der Waals surface area (Å²) in [6, 6.07) is 5.56. The molecule has 6 heteroatoms. The molecule has 98 valence electrons. The van der Waals surface area contributed by atoms with Crippen LogP contribution in [0.25, 0.3) is 0 Å². The summed E-state index contributed by atoms with van der Waals surface area (Å²) in [5.74, 6) is -0.296. The highest BCUT2D eigenvalue weighted by molar-refractivity contribution is 9.10. The number of ether oxygens (including phenoxy) is 1. The average molecular weight is 325 g/mol. The van der Waals surface area contributed by atoms with Crippen molar-refractivity contribution in [2.75, 3.05) is 7.11 Å². The monoisotopic (exact) mass is 324 g/mol. The summed E-state index contributed by atoms with van der Waals surface area (Å²) in [6.07, 6.45) is 1.38. The van der Waals surface area contributed by atoms with Crippen molar-refractivity contribution in [3.63, 3.8) is 0 Å². The molecule has 0 bridgehead atoms. The number of carbonyl (C=O) groups excluding carboxylic acids is 1. The standard InChI is InChI=1S/C13H10BrFN2O2/c1-19-13-6-9(16-7-17-13)5-12(18)10-4-8(15)2-3-11(10)14/h2-4,6-7H,5H2,1H3. The van der Waals surface area contributed by atoms with Crippen LogP contribution in [-0.4, -0.2) is 22.9 Å². The third kappa shape index (κ3) is 3.35. The third-order valence-electron chi connectivity index (χ3n) is 2.48. The summed E-state index contributed by atoms with van der Waals surface area (Å²) < 4.78 is 18.7. The first-order chi connectivity index (χ1) is 9.10. The number of benzene rings is 1. The number of hydrogen-bond donors (Lipinski definition) is 0. The molecule has 0 spiro atoms. The Bertz CT molecular complexity index is 619. The van der Waals surface area contributed by atoms with Crippen LogP contribution in [0.4, 0.5) is 4.39 Å². The number of hydrogen-bond acceptors (Lipinski definition) is 4. The SMILES string of the molecule is COc1cc(CC(=O)c2cc(F)ccc2Br)ncn1. The molecule has 0 N–H and O–H groups in total. The van der Waals surface area contributed by atoms with Gasteiger partial charge in [0.2, 0.25) is 5.88 Å². The molecule has 1 aromatic heterocycles. The molecule has 1 aromatic carbocycles. The molecule has 0 amide bonds. The highest BCUT2D eigenvalue weighted by Crippen LogP contribution is 2.20. The lowest BCUT2D eigenvalue weighted by Gasteiger charge is -2.05. The van der Waals surface area contributed by atoms with Gasteiger partial charge in [0.25, 0.3) is 0 Å². The minimum Gasteiger partial charge on any atom is -0.481 e. The summed E-state index contributed by atoms with van der Waals surface area (Å²) in [4.78, 5) is 19.9. The Morgan fingerprint density at radius 1 is 1.37 bits per heavy atom. The fourth-order valence-electron chi connectivity index (χ4n) is 1.56. The Balaban J connectivity index is 2.23. The van der Waals surface area contributed by atoms with E-state index >= 15 is 0 Å². The molecule has 0 saturated carbocycles. The minimum atomic E-state index is -0.452. The zero-order valence-corrected chi connectivity index (χ0v) is 11.6. The molecule has 0 saturated heterocycles. The maximum atomic E-state index is 13.1. The van der Waals surface area contributed by atoms with Gasteiger partial charge in [-0.25, -0.2) is 14.4 Å². The van der Waals surface area contributed by atoms with Gasteiger partial charge in [0.15, 0.2) is 5.78 Å². The van der Waals surface area contributed by atoms with E-state index in [0.29, 0.717) is 16.0 Å². The van der Waals surface area contributed by atoms with E-state index < -0.39 is 5.82 Å². The van der Waals surface area contributed by atoms with Gasteiger partial charge < -0.3 is 4.74 Å². The van der Waals surface area contributed by atoms with E-state index in [4.69, 9.17) is 4.74 Å². The molecule has 0 fully saturated rings. The number of rotatable bonds is 4. The smallest absolute Gasteiger partial charge is 0.216 e. The summed E-state index contributed by atoms with van der Waals surface area (Å²) in [5.41, 5.74) is 0.811. The van der Waals surface area contributed by atoms with Crippen LogP contribution in [0.1, 0.15) is 16.1 Å². The highest BCUT2D eigenvalue weighted by Gasteiger charge is 2.13. The van der Waals surface area contributed by atoms with Crippen molar-refractivity contribution in [3.8, 4) is 5.88 Å². The van der Waals surface area contributed by atoms with Crippen LogP contribution < -0.4 is 4.74 Å². The second kappa shape index (κ2) is 5.88. The maximum Gasteiger partial charge on any atom is 0.216 e. The second-order valence-electron chi connectivity index (χ2n) is 3.78. The number of aromatic nitrogens is 2. The molecular weight excluding hydrogens is 315 g/mol. The predicted octanol–water partition coefficient (Wildman–Crippen LogP) is 2.81. The lowest BCUT2D eigenvalue weighted by molar-refractivity contribution is 0.0990. The van der Waals surface area contributed by atoms with E-state index in [1.807, 2.05) is 0 Å². The number of ketones is 1. The fraction of sp³-hybridized carbons (Fsp3) is 0.154. The van der Waals surface area contributed by atoms with Gasteiger partial charge in [-0.05, 0) is 18.2 Å². The van der Waals surface area contributed by atoms with Crippen LogP contribution in [0.5, 0.6) is 5.88 Å². The molecule has 0 radical (unpaired) electrons. The van der Waals surface area contributed by atoms with E-state index in [2.05, 4.69) is 25.9 Å². The van der Waals surface area contributed by atoms with Crippen LogP contribution >= 0.6 is 15.9 Å². The quantitative estimate of drug-likeness (QED) is 0.811. The Hall–Kier alpha value is -1.82. The number of carbonyl (C=O) groups is 1. The lowest BCUT2D eigenvalue weighted by Crippen LogP contribution is -2.07. The van der Waals surface area contributed by atoms with Gasteiger partial charge in [-0.3, -0.25) is 4.79 Å². The Morgan fingerprint density at radius 3 is 2.89 bits per heavy atom. The van der Waals surface area contributed by atoms with Gasteiger partial charge >= 0.3 is 0 Å². The minimum absolute atomic E-state index is 0.0565. The lowest BCUT2D eigenvalue weighted by atomic mass is 10.1. The van der Waals surface area contributed by atoms with E-state index in [-0.39, 0.29) is 17.8 Å². The van der Waals surface area contributed by atoms with Crippen molar-refractivity contribution in [3.05, 3.63) is 52.1 Å². The van der Waals surface area contributed by atoms with Crippen LogP contribution in [0.15, 0.2) is 35.1 Å². The zero-order chi connectivity index (χ0) is 13.8. The first-order valence-corrected chi connectivity index (χ1v) is 6.22. The maximum absolute atomic E-state index is 13.1. The Kier molecular flexibility index (Phi) is 4.21. The molecule has 19 heavy (non-hydrogen) atoms. The van der Waals surface area contributed by atoms with Crippen molar-refractivity contribution >= 4 is 21.7 Å². The van der Waals surface area contributed by atoms with Gasteiger partial charge in [-0.1, -0.05) is 15.9 Å². The number of Topliss-reactive ketones (excluding diaryl/α,β-unsaturated/α-hetero) is 1. The fourth-order valence-corrected chi connectivity index (χ4v) is 2.02. The molecule has 1 heterocycles. The zero-order valence-electron chi connectivity index (χ0n) is 10.1. The van der Waals surface area contributed by atoms with Crippen molar-refractivity contribution < 1.29 is 13.9 Å². The van der Waals surface area contributed by atoms with E-state index in [9.17, 15) is 9.18 Å². The van der Waals surface area contributed by atoms with Crippen LogP contribution in [0, 0.1) is 5.82 Å². The van der Waals surface area contributed by atoms with Gasteiger partial charge in [0.05, 0.1) is 19.2 Å². The molecule has 0 aliphatic rings. The molecular formula is C13H10BrFN2O2. The molecule has 0 aliphatic carbocycles. The second-order valence-corrected chi connectivity index (χ2v) is 4.63. The topological polar surface area (TPSA) is 52.1 Å². The Labute approximate surface area is 117 Å². The summed E-state index contributed by atoms with van der Waals surface area (Å²) in [7, 11) is 1.48. The average Bonchev–Trinajstić information content (AvgIpc) is 2.41. The number of halogens is 2. The van der Waals surface area contributed by atoms with Gasteiger partial charge in [0.1, 0.15) is 12.1 Å². The molecule has 4 nitrogen and oxygen atoms in total. The van der Waals surface area contributed by atoms with Crippen LogP contribution in [0.3, 0.4) is 0 Å². The largest absolute Gasteiger partial charge is 0.481 e. The predicted molar refractivity (Wildman–Crippen MR) is 70.7 cm³/mol. The van der Waals surface area contributed by atoms with Crippen molar-refractivity contribution in [1.29, 1.82) is 0 Å². The van der Waals surface area contributed by atoms with E-state index in [1.165, 1.54) is 31.6 Å². The van der Waals surface area contributed by atoms with Gasteiger partial charge in [0, 0.05) is 16.1 Å². The van der Waals surface area contributed by atoms with Crippen molar-refractivity contribution in [2.24, 2.45) is 0 Å². The first kappa shape index (κ1) is 13.6. The van der Waals surface area contributed by atoms with Crippen molar-refractivity contribution in [1.82, 2.24) is 9.97 Å². The van der Waals surface area contributed by atoms with Crippen LogP contribution in [-0.2, 0) is 6.42 Å². The molecule has 0 unspecified atom stereocenters. The molecule has 2 aromatic rings. The highest BCUT2D eigenvalue weighted by atomic mass is 79.9. The normalized spacial score (nSPS) is 10.3. The van der Waals surface area contributed by atoms with Crippen LogP contribution in [0.2, 0.25) is 0 Å². The van der Waals surface area contributed by atoms with Gasteiger partial charge in [-0.2, -0.15) is 0 Å². The molecule has 0 aliphatic heterocycles. The first-order valence-electron chi connectivity index (χ1n) is 5.43. The molecule has 2 rings (SSSR count). The van der Waals surface area contributed by atoms with E-state index in [1.54, 1.807) is 6.07 Å². The number of nitrogens with zero attached hydrogens (tertiary/aromatic N) is 2. The number of methoxy groups -OCH3 is 1. The summed E-state index contributed by atoms with van der Waals surface area (Å²) in [6.45, 7) is 0. The van der Waals surface area contributed by atoms with E-state index in [0.717, 1.165) is 0 Å². The molecule has 0 atom stereocenters.